The Labute approximate surface area is 127 Å². The molecule has 1 aromatic rings. The van der Waals surface area contributed by atoms with E-state index in [4.69, 9.17) is 16.3 Å². The summed E-state index contributed by atoms with van der Waals surface area (Å²) < 4.78 is 20.2. The quantitative estimate of drug-likeness (QED) is 0.749. The Kier molecular flexibility index (Phi) is 6.07. The van der Waals surface area contributed by atoms with Crippen molar-refractivity contribution in [2.45, 2.75) is 25.5 Å². The molecule has 0 aliphatic carbocycles. The van der Waals surface area contributed by atoms with Crippen LogP contribution in [0.3, 0.4) is 0 Å². The van der Waals surface area contributed by atoms with Gasteiger partial charge < -0.3 is 4.74 Å². The molecule has 1 fully saturated rings. The van der Waals surface area contributed by atoms with Crippen LogP contribution in [0.2, 0.25) is 0 Å². The molecule has 106 valence electrons. The first-order valence-corrected chi connectivity index (χ1v) is 7.85. The Morgan fingerprint density at radius 3 is 2.74 bits per heavy atom. The average molecular weight is 351 g/mol. The summed E-state index contributed by atoms with van der Waals surface area (Å²) in [6.45, 7) is 3.18. The zero-order chi connectivity index (χ0) is 13.7. The number of hydrogen-bond acceptors (Lipinski definition) is 2. The molecule has 1 saturated heterocycles. The van der Waals surface area contributed by atoms with E-state index in [1.807, 2.05) is 12.1 Å². The van der Waals surface area contributed by atoms with Crippen LogP contribution >= 0.6 is 27.5 Å². The molecule has 0 amide bonds. The molecular weight excluding hydrogens is 333 g/mol. The SMILES string of the molecule is Fc1cc(Br)ccc1CN1CCC(OCCCl)CC1. The number of nitrogens with zero attached hydrogens (tertiary/aromatic N) is 1. The smallest absolute Gasteiger partial charge is 0.128 e. The van der Waals surface area contributed by atoms with Gasteiger partial charge in [0.2, 0.25) is 0 Å². The Hall–Kier alpha value is -0.160. The first-order chi connectivity index (χ1) is 9.19. The summed E-state index contributed by atoms with van der Waals surface area (Å²) in [6, 6.07) is 5.25. The highest BCUT2D eigenvalue weighted by Crippen LogP contribution is 2.20. The van der Waals surface area contributed by atoms with Crippen LogP contribution in [-0.4, -0.2) is 36.6 Å². The van der Waals surface area contributed by atoms with Gasteiger partial charge in [0, 0.05) is 35.6 Å². The largest absolute Gasteiger partial charge is 0.377 e. The standard InChI is InChI=1S/C14H18BrClFNO/c15-12-2-1-11(14(17)9-12)10-18-6-3-13(4-7-18)19-8-5-16/h1-2,9,13H,3-8,10H2. The summed E-state index contributed by atoms with van der Waals surface area (Å²) in [4.78, 5) is 2.27. The molecule has 0 unspecified atom stereocenters. The Balaban J connectivity index is 1.82. The third-order valence-electron chi connectivity index (χ3n) is 3.37. The lowest BCUT2D eigenvalue weighted by atomic mass is 10.1. The first-order valence-electron chi connectivity index (χ1n) is 6.53. The lowest BCUT2D eigenvalue weighted by molar-refractivity contribution is 0.0133. The third kappa shape index (κ3) is 4.71. The molecule has 2 nitrogen and oxygen atoms in total. The topological polar surface area (TPSA) is 12.5 Å². The van der Waals surface area contributed by atoms with Crippen molar-refractivity contribution < 1.29 is 9.13 Å². The molecule has 2 rings (SSSR count). The van der Waals surface area contributed by atoms with Crippen molar-refractivity contribution in [2.75, 3.05) is 25.6 Å². The van der Waals surface area contributed by atoms with Crippen LogP contribution < -0.4 is 0 Å². The number of benzene rings is 1. The summed E-state index contributed by atoms with van der Waals surface area (Å²) in [6.07, 6.45) is 2.30. The van der Waals surface area contributed by atoms with Crippen LogP contribution in [0.25, 0.3) is 0 Å². The molecular formula is C14H18BrClFNO. The van der Waals surface area contributed by atoms with Crippen LogP contribution in [0.1, 0.15) is 18.4 Å². The second-order valence-electron chi connectivity index (χ2n) is 4.77. The van der Waals surface area contributed by atoms with Gasteiger partial charge in [0.25, 0.3) is 0 Å². The molecule has 0 N–H and O–H groups in total. The van der Waals surface area contributed by atoms with Crippen LogP contribution in [0.15, 0.2) is 22.7 Å². The van der Waals surface area contributed by atoms with Crippen LogP contribution in [0.5, 0.6) is 0 Å². The highest BCUT2D eigenvalue weighted by molar-refractivity contribution is 9.10. The second-order valence-corrected chi connectivity index (χ2v) is 6.06. The number of hydrogen-bond donors (Lipinski definition) is 0. The van der Waals surface area contributed by atoms with Crippen molar-refractivity contribution in [3.63, 3.8) is 0 Å². The zero-order valence-electron chi connectivity index (χ0n) is 10.7. The maximum absolute atomic E-state index is 13.8. The van der Waals surface area contributed by atoms with Crippen molar-refractivity contribution >= 4 is 27.5 Å². The van der Waals surface area contributed by atoms with Gasteiger partial charge in [0.05, 0.1) is 12.7 Å². The van der Waals surface area contributed by atoms with Gasteiger partial charge in [0.1, 0.15) is 5.82 Å². The molecule has 5 heteroatoms. The molecule has 0 spiro atoms. The van der Waals surface area contributed by atoms with Gasteiger partial charge in [-0.3, -0.25) is 4.90 Å². The van der Waals surface area contributed by atoms with Gasteiger partial charge in [-0.1, -0.05) is 22.0 Å². The maximum Gasteiger partial charge on any atom is 0.128 e. The predicted octanol–water partition coefficient (Wildman–Crippen LogP) is 3.81. The second kappa shape index (κ2) is 7.58. The van der Waals surface area contributed by atoms with Gasteiger partial charge in [-0.05, 0) is 25.0 Å². The molecule has 1 aliphatic rings. The normalized spacial score (nSPS) is 17.8. The number of alkyl halides is 1. The fourth-order valence-corrected chi connectivity index (χ4v) is 2.76. The van der Waals surface area contributed by atoms with Crippen molar-refractivity contribution in [3.8, 4) is 0 Å². The summed E-state index contributed by atoms with van der Waals surface area (Å²) in [7, 11) is 0. The van der Waals surface area contributed by atoms with E-state index in [9.17, 15) is 4.39 Å². The van der Waals surface area contributed by atoms with Gasteiger partial charge >= 0.3 is 0 Å². The Morgan fingerprint density at radius 2 is 2.11 bits per heavy atom. The van der Waals surface area contributed by atoms with Crippen LogP contribution in [0.4, 0.5) is 4.39 Å². The fourth-order valence-electron chi connectivity index (χ4n) is 2.34. The highest BCUT2D eigenvalue weighted by atomic mass is 79.9. The molecule has 0 saturated carbocycles. The van der Waals surface area contributed by atoms with Crippen LogP contribution in [-0.2, 0) is 11.3 Å². The molecule has 1 aromatic carbocycles. The van der Waals surface area contributed by atoms with Gasteiger partial charge in [-0.25, -0.2) is 4.39 Å². The van der Waals surface area contributed by atoms with Gasteiger partial charge in [-0.2, -0.15) is 0 Å². The first kappa shape index (κ1) is 15.2. The number of likely N-dealkylation sites (tertiary alicyclic amines) is 1. The van der Waals surface area contributed by atoms with Crippen molar-refractivity contribution in [3.05, 3.63) is 34.1 Å². The van der Waals surface area contributed by atoms with E-state index >= 15 is 0 Å². The van der Waals surface area contributed by atoms with Crippen molar-refractivity contribution in [1.82, 2.24) is 4.90 Å². The average Bonchev–Trinajstić information content (AvgIpc) is 2.41. The molecule has 0 atom stereocenters. The lowest BCUT2D eigenvalue weighted by Gasteiger charge is -2.31. The number of piperidine rings is 1. The van der Waals surface area contributed by atoms with E-state index in [0.29, 0.717) is 25.1 Å². The predicted molar refractivity (Wildman–Crippen MR) is 79.1 cm³/mol. The monoisotopic (exact) mass is 349 g/mol. The van der Waals surface area contributed by atoms with E-state index in [2.05, 4.69) is 20.8 Å². The summed E-state index contributed by atoms with van der Waals surface area (Å²) in [5.74, 6) is 0.402. The van der Waals surface area contributed by atoms with Gasteiger partial charge in [0.15, 0.2) is 0 Å². The summed E-state index contributed by atoms with van der Waals surface area (Å²) in [5, 5.41) is 0. The number of rotatable bonds is 5. The molecule has 0 radical (unpaired) electrons. The van der Waals surface area contributed by atoms with E-state index in [-0.39, 0.29) is 5.82 Å². The molecule has 0 aromatic heterocycles. The summed E-state index contributed by atoms with van der Waals surface area (Å²) in [5.41, 5.74) is 0.753. The molecule has 1 aliphatic heterocycles. The lowest BCUT2D eigenvalue weighted by Crippen LogP contribution is -2.37. The van der Waals surface area contributed by atoms with Crippen molar-refractivity contribution in [1.29, 1.82) is 0 Å². The molecule has 1 heterocycles. The fraction of sp³-hybridized carbons (Fsp3) is 0.571. The summed E-state index contributed by atoms with van der Waals surface area (Å²) >= 11 is 8.88. The molecule has 0 bridgehead atoms. The minimum atomic E-state index is -0.144. The molecule has 19 heavy (non-hydrogen) atoms. The maximum atomic E-state index is 13.8. The zero-order valence-corrected chi connectivity index (χ0v) is 13.1. The van der Waals surface area contributed by atoms with Crippen LogP contribution in [0, 0.1) is 5.82 Å². The van der Waals surface area contributed by atoms with Gasteiger partial charge in [-0.15, -0.1) is 11.6 Å². The van der Waals surface area contributed by atoms with E-state index in [0.717, 1.165) is 36.0 Å². The third-order valence-corrected chi connectivity index (χ3v) is 4.02. The number of halogens is 3. The van der Waals surface area contributed by atoms with Crippen molar-refractivity contribution in [2.24, 2.45) is 0 Å². The minimum Gasteiger partial charge on any atom is -0.377 e. The van der Waals surface area contributed by atoms with E-state index < -0.39 is 0 Å². The van der Waals surface area contributed by atoms with E-state index in [1.54, 1.807) is 0 Å². The minimum absolute atomic E-state index is 0.144. The highest BCUT2D eigenvalue weighted by Gasteiger charge is 2.20. The Bertz CT molecular complexity index is 410. The number of ether oxygens (including phenoxy) is 1. The Morgan fingerprint density at radius 1 is 1.37 bits per heavy atom. The van der Waals surface area contributed by atoms with E-state index in [1.165, 1.54) is 6.07 Å².